The Morgan fingerprint density at radius 3 is 2.60 bits per heavy atom. The zero-order valence-corrected chi connectivity index (χ0v) is 18.3. The van der Waals surface area contributed by atoms with Gasteiger partial charge in [-0.15, -0.1) is 0 Å². The minimum absolute atomic E-state index is 0.0398. The second kappa shape index (κ2) is 9.33. The molecular formula is C22H25Cl2N3O3. The van der Waals surface area contributed by atoms with Gasteiger partial charge in [0.15, 0.2) is 11.5 Å². The van der Waals surface area contributed by atoms with Crippen molar-refractivity contribution in [3.8, 4) is 11.5 Å². The summed E-state index contributed by atoms with van der Waals surface area (Å²) in [5.41, 5.74) is 3.32. The van der Waals surface area contributed by atoms with Crippen LogP contribution in [-0.4, -0.2) is 43.0 Å². The number of aliphatic hydroxyl groups excluding tert-OH is 1. The number of nitrogens with one attached hydrogen (secondary N) is 1. The Kier molecular flexibility index (Phi) is 6.56. The lowest BCUT2D eigenvalue weighted by molar-refractivity contribution is 0.201. The van der Waals surface area contributed by atoms with Crippen molar-refractivity contribution >= 4 is 40.3 Å². The zero-order valence-electron chi connectivity index (χ0n) is 16.8. The van der Waals surface area contributed by atoms with Crippen LogP contribution in [0.1, 0.15) is 31.2 Å². The molecule has 2 aromatic rings. The molecule has 1 saturated carbocycles. The van der Waals surface area contributed by atoms with E-state index in [1.54, 1.807) is 19.5 Å². The molecule has 1 aliphatic carbocycles. The smallest absolute Gasteiger partial charge is 0.185 e. The molecule has 1 aromatic heterocycles. The van der Waals surface area contributed by atoms with Crippen molar-refractivity contribution in [1.29, 1.82) is 0 Å². The van der Waals surface area contributed by atoms with E-state index in [9.17, 15) is 5.11 Å². The first-order chi connectivity index (χ1) is 14.6. The first-order valence-corrected chi connectivity index (χ1v) is 10.9. The Hall–Kier alpha value is -2.15. The number of methoxy groups -OCH3 is 1. The molecule has 2 heterocycles. The van der Waals surface area contributed by atoms with Gasteiger partial charge in [0.2, 0.25) is 0 Å². The number of nitrogens with zero attached hydrogens (tertiary/aromatic N) is 2. The van der Waals surface area contributed by atoms with Gasteiger partial charge < -0.3 is 24.8 Å². The number of anilines is 2. The van der Waals surface area contributed by atoms with E-state index in [0.717, 1.165) is 35.5 Å². The van der Waals surface area contributed by atoms with Crippen LogP contribution >= 0.6 is 23.2 Å². The fourth-order valence-electron chi connectivity index (χ4n) is 4.04. The molecule has 0 radical (unpaired) electrons. The molecular weight excluding hydrogens is 425 g/mol. The summed E-state index contributed by atoms with van der Waals surface area (Å²) in [5.74, 6) is 1.40. The Morgan fingerprint density at radius 2 is 1.93 bits per heavy atom. The van der Waals surface area contributed by atoms with Gasteiger partial charge in [-0.1, -0.05) is 23.2 Å². The van der Waals surface area contributed by atoms with Gasteiger partial charge >= 0.3 is 0 Å². The fourth-order valence-corrected chi connectivity index (χ4v) is 4.50. The molecule has 0 spiro atoms. The van der Waals surface area contributed by atoms with Crippen LogP contribution in [0.25, 0.3) is 5.70 Å². The molecule has 0 saturated heterocycles. The highest BCUT2D eigenvalue weighted by atomic mass is 35.5. The minimum Gasteiger partial charge on any atom is -0.493 e. The molecule has 1 fully saturated rings. The van der Waals surface area contributed by atoms with Crippen molar-refractivity contribution in [2.45, 2.75) is 31.8 Å². The number of aliphatic hydroxyl groups is 1. The largest absolute Gasteiger partial charge is 0.493 e. The van der Waals surface area contributed by atoms with Crippen molar-refractivity contribution in [3.63, 3.8) is 0 Å². The number of halogens is 2. The highest BCUT2D eigenvalue weighted by molar-refractivity contribution is 6.39. The van der Waals surface area contributed by atoms with Gasteiger partial charge in [-0.05, 0) is 43.9 Å². The molecule has 0 amide bonds. The van der Waals surface area contributed by atoms with Crippen molar-refractivity contribution in [2.24, 2.45) is 0 Å². The summed E-state index contributed by atoms with van der Waals surface area (Å²) in [6.45, 7) is 1.13. The third kappa shape index (κ3) is 4.17. The molecule has 2 N–H and O–H groups in total. The van der Waals surface area contributed by atoms with E-state index in [0.29, 0.717) is 34.6 Å². The van der Waals surface area contributed by atoms with Gasteiger partial charge in [0.1, 0.15) is 0 Å². The van der Waals surface area contributed by atoms with E-state index < -0.39 is 0 Å². The number of fused-ring (bicyclic) bond motifs is 1. The van der Waals surface area contributed by atoms with Gasteiger partial charge in [-0.3, -0.25) is 4.98 Å². The van der Waals surface area contributed by atoms with Gasteiger partial charge in [0, 0.05) is 36.7 Å². The normalized spacial score (nSPS) is 16.3. The SMILES string of the molecule is COc1ccc2c(c1OC1CCCC1)N(CCO)CC=C2Nc1c(Cl)cncc1Cl. The number of hydrogen-bond acceptors (Lipinski definition) is 6. The predicted molar refractivity (Wildman–Crippen MR) is 121 cm³/mol. The molecule has 0 atom stereocenters. The first kappa shape index (κ1) is 21.1. The van der Waals surface area contributed by atoms with Crippen LogP contribution in [0.15, 0.2) is 30.6 Å². The Bertz CT molecular complexity index is 925. The average Bonchev–Trinajstić information content (AvgIpc) is 3.25. The maximum atomic E-state index is 9.63. The average molecular weight is 450 g/mol. The van der Waals surface area contributed by atoms with Crippen LogP contribution in [0, 0.1) is 0 Å². The Morgan fingerprint density at radius 1 is 1.20 bits per heavy atom. The number of aromatic nitrogens is 1. The molecule has 160 valence electrons. The summed E-state index contributed by atoms with van der Waals surface area (Å²) in [5, 5.41) is 13.9. The highest BCUT2D eigenvalue weighted by Crippen LogP contribution is 2.47. The lowest BCUT2D eigenvalue weighted by Gasteiger charge is -2.34. The summed E-state index contributed by atoms with van der Waals surface area (Å²) >= 11 is 12.6. The van der Waals surface area contributed by atoms with Crippen LogP contribution in [0.3, 0.4) is 0 Å². The molecule has 0 unspecified atom stereocenters. The van der Waals surface area contributed by atoms with Crippen molar-refractivity contribution in [2.75, 3.05) is 37.0 Å². The summed E-state index contributed by atoms with van der Waals surface area (Å²) < 4.78 is 12.1. The fraction of sp³-hybridized carbons (Fsp3) is 0.409. The third-order valence-corrected chi connectivity index (χ3v) is 6.08. The highest BCUT2D eigenvalue weighted by Gasteiger charge is 2.29. The van der Waals surface area contributed by atoms with Crippen molar-refractivity contribution in [1.82, 2.24) is 4.98 Å². The van der Waals surface area contributed by atoms with Gasteiger partial charge in [0.25, 0.3) is 0 Å². The predicted octanol–water partition coefficient (Wildman–Crippen LogP) is 4.98. The second-order valence-corrected chi connectivity index (χ2v) is 8.22. The maximum absolute atomic E-state index is 9.63. The van der Waals surface area contributed by atoms with E-state index in [1.165, 1.54) is 12.8 Å². The number of pyridine rings is 1. The third-order valence-electron chi connectivity index (χ3n) is 5.51. The molecule has 4 rings (SSSR count). The van der Waals surface area contributed by atoms with Crippen molar-refractivity contribution in [3.05, 3.63) is 46.2 Å². The van der Waals surface area contributed by atoms with Crippen LogP contribution < -0.4 is 19.7 Å². The Labute approximate surface area is 186 Å². The number of β-amino-alcohol motifs (C(OH)–C–C–N with tert-alkyl or cyclic N) is 1. The Balaban J connectivity index is 1.77. The molecule has 2 aliphatic rings. The summed E-state index contributed by atoms with van der Waals surface area (Å²) in [6, 6.07) is 3.90. The zero-order chi connectivity index (χ0) is 21.1. The van der Waals surface area contributed by atoms with Crippen LogP contribution in [-0.2, 0) is 0 Å². The van der Waals surface area contributed by atoms with E-state index in [4.69, 9.17) is 32.7 Å². The molecule has 1 aliphatic heterocycles. The summed E-state index contributed by atoms with van der Waals surface area (Å²) in [6.07, 6.45) is 9.76. The molecule has 1 aromatic carbocycles. The molecule has 8 heteroatoms. The molecule has 30 heavy (non-hydrogen) atoms. The lowest BCUT2D eigenvalue weighted by Crippen LogP contribution is -2.32. The van der Waals surface area contributed by atoms with Gasteiger partial charge in [-0.2, -0.15) is 0 Å². The second-order valence-electron chi connectivity index (χ2n) is 7.41. The number of benzene rings is 1. The van der Waals surface area contributed by atoms with E-state index in [1.807, 2.05) is 12.1 Å². The minimum atomic E-state index is 0.0398. The van der Waals surface area contributed by atoms with E-state index >= 15 is 0 Å². The number of ether oxygens (including phenoxy) is 2. The number of rotatable bonds is 7. The van der Waals surface area contributed by atoms with E-state index in [2.05, 4.69) is 21.3 Å². The number of hydrogen-bond donors (Lipinski definition) is 2. The maximum Gasteiger partial charge on any atom is 0.185 e. The first-order valence-electron chi connectivity index (χ1n) is 10.1. The van der Waals surface area contributed by atoms with Crippen LogP contribution in [0.4, 0.5) is 11.4 Å². The summed E-state index contributed by atoms with van der Waals surface area (Å²) in [7, 11) is 1.65. The standard InChI is InChI=1S/C22H25Cl2N3O3/c1-29-19-7-6-15-18(26-20-16(23)12-25-13-17(20)24)8-9-27(10-11-28)21(15)22(19)30-14-4-2-3-5-14/h6-8,12-14,28H,2-5,9-11H2,1H3,(H,25,26). The van der Waals surface area contributed by atoms with Crippen LogP contribution in [0.5, 0.6) is 11.5 Å². The topological polar surface area (TPSA) is 66.9 Å². The van der Waals surface area contributed by atoms with Crippen LogP contribution in [0.2, 0.25) is 10.0 Å². The van der Waals surface area contributed by atoms with E-state index in [-0.39, 0.29) is 12.7 Å². The van der Waals surface area contributed by atoms with Gasteiger partial charge in [-0.25, -0.2) is 0 Å². The quantitative estimate of drug-likeness (QED) is 0.620. The summed E-state index contributed by atoms with van der Waals surface area (Å²) in [4.78, 5) is 6.12. The lowest BCUT2D eigenvalue weighted by atomic mass is 10.0. The van der Waals surface area contributed by atoms with Crippen molar-refractivity contribution < 1.29 is 14.6 Å². The monoisotopic (exact) mass is 449 g/mol. The van der Waals surface area contributed by atoms with Gasteiger partial charge in [0.05, 0.1) is 41.2 Å². The molecule has 6 nitrogen and oxygen atoms in total. The molecule has 0 bridgehead atoms.